The van der Waals surface area contributed by atoms with Crippen molar-refractivity contribution in [2.24, 2.45) is 5.73 Å². The van der Waals surface area contributed by atoms with Gasteiger partial charge in [0.05, 0.1) is 7.11 Å². The van der Waals surface area contributed by atoms with Gasteiger partial charge in [0.1, 0.15) is 5.75 Å². The van der Waals surface area contributed by atoms with Gasteiger partial charge >= 0.3 is 0 Å². The van der Waals surface area contributed by atoms with Gasteiger partial charge < -0.3 is 20.7 Å². The number of nitrogens with zero attached hydrogens (tertiary/aromatic N) is 1. The maximum Gasteiger partial charge on any atom is 0.219 e. The van der Waals surface area contributed by atoms with E-state index in [2.05, 4.69) is 5.32 Å². The number of rotatable bonds is 9. The molecular weight excluding hydrogens is 346 g/mol. The van der Waals surface area contributed by atoms with Gasteiger partial charge in [-0.05, 0) is 41.9 Å². The van der Waals surface area contributed by atoms with Crippen LogP contribution in [0.15, 0.2) is 54.6 Å². The molecule has 0 bridgehead atoms. The summed E-state index contributed by atoms with van der Waals surface area (Å²) >= 11 is 5.52. The van der Waals surface area contributed by atoms with E-state index in [1.807, 2.05) is 59.5 Å². The van der Waals surface area contributed by atoms with E-state index in [4.69, 9.17) is 22.7 Å². The largest absolute Gasteiger partial charge is 0.497 e. The third kappa shape index (κ3) is 6.72. The molecule has 0 aliphatic carbocycles. The number of carbonyl (C=O) groups excluding carboxylic acids is 1. The van der Waals surface area contributed by atoms with E-state index >= 15 is 0 Å². The lowest BCUT2D eigenvalue weighted by molar-refractivity contribution is -0.118. The van der Waals surface area contributed by atoms with E-state index in [-0.39, 0.29) is 12.3 Å². The van der Waals surface area contributed by atoms with Crippen molar-refractivity contribution in [2.75, 3.05) is 20.2 Å². The second-order valence-corrected chi connectivity index (χ2v) is 6.34. The first kappa shape index (κ1) is 19.7. The van der Waals surface area contributed by atoms with Gasteiger partial charge in [0, 0.05) is 26.1 Å². The van der Waals surface area contributed by atoms with Crippen molar-refractivity contribution >= 4 is 23.2 Å². The summed E-state index contributed by atoms with van der Waals surface area (Å²) in [6.07, 6.45) is 1.12. The molecule has 0 spiro atoms. The summed E-state index contributed by atoms with van der Waals surface area (Å²) < 4.78 is 5.17. The average molecular weight is 372 g/mol. The first-order valence-electron chi connectivity index (χ1n) is 8.56. The molecule has 0 aliphatic heterocycles. The van der Waals surface area contributed by atoms with Crippen LogP contribution in [0, 0.1) is 0 Å². The lowest BCUT2D eigenvalue weighted by atomic mass is 10.1. The van der Waals surface area contributed by atoms with Crippen LogP contribution in [0.5, 0.6) is 5.75 Å². The van der Waals surface area contributed by atoms with Crippen LogP contribution in [-0.2, 0) is 17.8 Å². The van der Waals surface area contributed by atoms with E-state index in [1.165, 1.54) is 5.56 Å². The molecule has 0 saturated heterocycles. The van der Waals surface area contributed by atoms with E-state index in [1.54, 1.807) is 7.11 Å². The first-order valence-corrected chi connectivity index (χ1v) is 8.97. The van der Waals surface area contributed by atoms with Crippen molar-refractivity contribution in [1.82, 2.24) is 10.2 Å². The van der Waals surface area contributed by atoms with Gasteiger partial charge in [0.25, 0.3) is 0 Å². The van der Waals surface area contributed by atoms with Gasteiger partial charge in [-0.3, -0.25) is 4.79 Å². The van der Waals surface area contributed by atoms with Crippen molar-refractivity contribution in [2.45, 2.75) is 19.4 Å². The molecule has 0 aromatic heterocycles. The molecule has 0 fully saturated rings. The van der Waals surface area contributed by atoms with Gasteiger partial charge in [0.2, 0.25) is 5.91 Å². The Labute approximate surface area is 160 Å². The Hall–Kier alpha value is -2.60. The zero-order valence-corrected chi connectivity index (χ0v) is 15.8. The van der Waals surface area contributed by atoms with Crippen LogP contribution in [0.1, 0.15) is 17.5 Å². The number of benzene rings is 2. The number of carbonyl (C=O) groups is 1. The Morgan fingerprint density at radius 1 is 1.12 bits per heavy atom. The first-order chi connectivity index (χ1) is 12.6. The van der Waals surface area contributed by atoms with Gasteiger partial charge in [-0.25, -0.2) is 0 Å². The Kier molecular flexibility index (Phi) is 7.89. The van der Waals surface area contributed by atoms with Crippen LogP contribution < -0.4 is 15.8 Å². The molecule has 1 amide bonds. The van der Waals surface area contributed by atoms with Crippen LogP contribution in [0.3, 0.4) is 0 Å². The molecule has 2 aromatic carbocycles. The fourth-order valence-electron chi connectivity index (χ4n) is 2.52. The van der Waals surface area contributed by atoms with Gasteiger partial charge in [-0.2, -0.15) is 0 Å². The summed E-state index contributed by atoms with van der Waals surface area (Å²) in [4.78, 5) is 13.1. The van der Waals surface area contributed by atoms with Crippen LogP contribution >= 0.6 is 12.2 Å². The highest BCUT2D eigenvalue weighted by Crippen LogP contribution is 2.11. The molecule has 0 heterocycles. The van der Waals surface area contributed by atoms with Crippen LogP contribution in [-0.4, -0.2) is 36.1 Å². The number of hydrogen-bond acceptors (Lipinski definition) is 3. The van der Waals surface area contributed by atoms with Crippen molar-refractivity contribution in [3.05, 3.63) is 65.7 Å². The van der Waals surface area contributed by atoms with Crippen LogP contribution in [0.2, 0.25) is 0 Å². The molecule has 138 valence electrons. The molecule has 2 aromatic rings. The number of methoxy groups -OCH3 is 1. The van der Waals surface area contributed by atoms with Gasteiger partial charge in [0.15, 0.2) is 5.11 Å². The number of ether oxygens (including phenoxy) is 1. The molecule has 26 heavy (non-hydrogen) atoms. The SMILES string of the molecule is COc1ccc(CCNC(=S)N(CCC(N)=O)Cc2ccccc2)cc1. The van der Waals surface area contributed by atoms with Crippen molar-refractivity contribution in [3.8, 4) is 5.75 Å². The third-order valence-electron chi connectivity index (χ3n) is 3.98. The van der Waals surface area contributed by atoms with E-state index in [9.17, 15) is 4.79 Å². The molecule has 6 heteroatoms. The Balaban J connectivity index is 1.88. The maximum atomic E-state index is 11.2. The summed E-state index contributed by atoms with van der Waals surface area (Å²) in [5.41, 5.74) is 7.63. The predicted octanol–water partition coefficient (Wildman–Crippen LogP) is 2.49. The van der Waals surface area contributed by atoms with Crippen LogP contribution in [0.25, 0.3) is 0 Å². The minimum Gasteiger partial charge on any atom is -0.497 e. The number of primary amides is 1. The molecule has 0 aliphatic rings. The zero-order valence-electron chi connectivity index (χ0n) is 15.0. The topological polar surface area (TPSA) is 67.6 Å². The lowest BCUT2D eigenvalue weighted by Crippen LogP contribution is -2.41. The number of nitrogens with one attached hydrogen (secondary N) is 1. The summed E-state index contributed by atoms with van der Waals surface area (Å²) in [6, 6.07) is 18.0. The standard InChI is InChI=1S/C20H25N3O2S/c1-25-18-9-7-16(8-10-18)11-13-22-20(26)23(14-12-19(21)24)15-17-5-3-2-4-6-17/h2-10H,11-15H2,1H3,(H2,21,24)(H,22,26). The summed E-state index contributed by atoms with van der Waals surface area (Å²) in [5, 5.41) is 3.91. The maximum absolute atomic E-state index is 11.2. The average Bonchev–Trinajstić information content (AvgIpc) is 2.66. The Morgan fingerprint density at radius 2 is 1.81 bits per heavy atom. The van der Waals surface area contributed by atoms with Crippen molar-refractivity contribution in [1.29, 1.82) is 0 Å². The smallest absolute Gasteiger partial charge is 0.219 e. The third-order valence-corrected chi connectivity index (χ3v) is 4.38. The summed E-state index contributed by atoms with van der Waals surface area (Å²) in [6.45, 7) is 1.86. The summed E-state index contributed by atoms with van der Waals surface area (Å²) in [7, 11) is 1.66. The highest BCUT2D eigenvalue weighted by Gasteiger charge is 2.11. The number of amides is 1. The fourth-order valence-corrected chi connectivity index (χ4v) is 2.78. The molecule has 2 rings (SSSR count). The van der Waals surface area contributed by atoms with Crippen LogP contribution in [0.4, 0.5) is 0 Å². The van der Waals surface area contributed by atoms with Crippen molar-refractivity contribution < 1.29 is 9.53 Å². The molecule has 0 radical (unpaired) electrons. The fraction of sp³-hybridized carbons (Fsp3) is 0.300. The molecule has 3 N–H and O–H groups in total. The highest BCUT2D eigenvalue weighted by atomic mass is 32.1. The van der Waals surface area contributed by atoms with Gasteiger partial charge in [-0.15, -0.1) is 0 Å². The second kappa shape index (κ2) is 10.4. The molecule has 0 saturated carbocycles. The minimum atomic E-state index is -0.330. The zero-order chi connectivity index (χ0) is 18.8. The molecule has 0 unspecified atom stereocenters. The van der Waals surface area contributed by atoms with Gasteiger partial charge in [-0.1, -0.05) is 42.5 Å². The Morgan fingerprint density at radius 3 is 2.42 bits per heavy atom. The molecule has 0 atom stereocenters. The number of hydrogen-bond donors (Lipinski definition) is 2. The van der Waals surface area contributed by atoms with E-state index in [0.29, 0.717) is 24.7 Å². The number of thiocarbonyl (C=S) groups is 1. The summed E-state index contributed by atoms with van der Waals surface area (Å²) in [5.74, 6) is 0.516. The molecule has 5 nitrogen and oxygen atoms in total. The highest BCUT2D eigenvalue weighted by molar-refractivity contribution is 7.80. The second-order valence-electron chi connectivity index (χ2n) is 5.95. The predicted molar refractivity (Wildman–Crippen MR) is 108 cm³/mol. The number of nitrogens with two attached hydrogens (primary N) is 1. The monoisotopic (exact) mass is 371 g/mol. The van der Waals surface area contributed by atoms with Crippen molar-refractivity contribution in [3.63, 3.8) is 0 Å². The molecular formula is C20H25N3O2S. The lowest BCUT2D eigenvalue weighted by Gasteiger charge is -2.25. The van der Waals surface area contributed by atoms with E-state index in [0.717, 1.165) is 17.7 Å². The van der Waals surface area contributed by atoms with E-state index < -0.39 is 0 Å². The quantitative estimate of drug-likeness (QED) is 0.663. The Bertz CT molecular complexity index is 705. The normalized spacial score (nSPS) is 10.2. The minimum absolute atomic E-state index is 0.271.